The van der Waals surface area contributed by atoms with Crippen LogP contribution in [0.4, 0.5) is 23.2 Å². The number of amides is 2. The third-order valence-corrected chi connectivity index (χ3v) is 6.41. The van der Waals surface area contributed by atoms with Crippen LogP contribution in [0.15, 0.2) is 66.7 Å². The number of carboxylic acid groups (broad SMARTS) is 1. The van der Waals surface area contributed by atoms with Gasteiger partial charge in [-0.1, -0.05) is 49.2 Å². The molecule has 2 amide bonds. The number of carboxylic acids is 1. The van der Waals surface area contributed by atoms with E-state index in [-0.39, 0.29) is 29.2 Å². The Morgan fingerprint density at radius 1 is 0.976 bits per heavy atom. The Morgan fingerprint density at radius 2 is 1.61 bits per heavy atom. The topological polar surface area (TPSA) is 105 Å². The molecule has 0 saturated heterocycles. The van der Waals surface area contributed by atoms with Gasteiger partial charge in [0, 0.05) is 17.1 Å². The normalized spacial score (nSPS) is 12.7. The number of anilines is 1. The number of nitrogens with one attached hydrogen (secondary N) is 2. The van der Waals surface area contributed by atoms with E-state index in [1.807, 2.05) is 6.92 Å². The molecule has 0 unspecified atom stereocenters. The second-order valence-electron chi connectivity index (χ2n) is 9.12. The predicted octanol–water partition coefficient (Wildman–Crippen LogP) is 6.89. The summed E-state index contributed by atoms with van der Waals surface area (Å²) in [7, 11) is 0. The first-order chi connectivity index (χ1) is 19.4. The quantitative estimate of drug-likeness (QED) is 0.198. The highest BCUT2D eigenvalue weighted by Gasteiger charge is 2.33. The molecule has 41 heavy (non-hydrogen) atoms. The number of hydrogen-bond donors (Lipinski definition) is 3. The van der Waals surface area contributed by atoms with Crippen molar-refractivity contribution in [2.75, 3.05) is 11.9 Å². The lowest BCUT2D eigenvalue weighted by Gasteiger charge is -2.28. The van der Waals surface area contributed by atoms with Gasteiger partial charge in [0.25, 0.3) is 5.91 Å². The Morgan fingerprint density at radius 3 is 2.17 bits per heavy atom. The van der Waals surface area contributed by atoms with E-state index in [1.54, 1.807) is 12.1 Å². The number of hydrogen-bond acceptors (Lipinski definition) is 4. The molecule has 0 radical (unpaired) electrons. The molecular formula is C29H27ClF4N2O5. The van der Waals surface area contributed by atoms with Gasteiger partial charge in [0.05, 0.1) is 18.0 Å². The maximum absolute atomic E-state index is 14.5. The Hall–Kier alpha value is -4.12. The maximum atomic E-state index is 14.5. The number of rotatable bonds is 12. The minimum atomic E-state index is -4.89. The average molecular weight is 595 g/mol. The number of carbonyl (C=O) groups is 3. The van der Waals surface area contributed by atoms with Gasteiger partial charge in [0.1, 0.15) is 11.6 Å². The molecule has 3 rings (SSSR count). The van der Waals surface area contributed by atoms with Crippen molar-refractivity contribution < 1.29 is 41.8 Å². The zero-order chi connectivity index (χ0) is 30.2. The average Bonchev–Trinajstić information content (AvgIpc) is 2.90. The molecule has 0 aliphatic carbocycles. The van der Waals surface area contributed by atoms with Gasteiger partial charge >= 0.3 is 12.3 Å². The molecule has 0 saturated carbocycles. The summed E-state index contributed by atoms with van der Waals surface area (Å²) in [6.07, 6.45) is -4.04. The lowest BCUT2D eigenvalue weighted by molar-refractivity contribution is -0.274. The molecule has 0 heterocycles. The molecule has 12 heteroatoms. The van der Waals surface area contributed by atoms with Crippen LogP contribution in [0.1, 0.15) is 59.5 Å². The number of ether oxygens (including phenoxy) is 1. The van der Waals surface area contributed by atoms with Gasteiger partial charge in [-0.15, -0.1) is 13.2 Å². The molecule has 3 aromatic carbocycles. The third-order valence-electron chi connectivity index (χ3n) is 6.17. The lowest BCUT2D eigenvalue weighted by atomic mass is 9.78. The number of aliphatic carboxylic acids is 1. The smallest absolute Gasteiger partial charge is 0.481 e. The van der Waals surface area contributed by atoms with E-state index in [4.69, 9.17) is 16.7 Å². The fraction of sp³-hybridized carbons (Fsp3) is 0.276. The van der Waals surface area contributed by atoms with Gasteiger partial charge in [-0.05, 0) is 65.9 Å². The van der Waals surface area contributed by atoms with Crippen LogP contribution in [0, 0.1) is 5.82 Å². The van der Waals surface area contributed by atoms with Crippen LogP contribution >= 0.6 is 11.6 Å². The molecule has 0 fully saturated rings. The molecule has 0 aliphatic rings. The van der Waals surface area contributed by atoms with E-state index in [0.717, 1.165) is 18.2 Å². The monoisotopic (exact) mass is 594 g/mol. The first kappa shape index (κ1) is 31.4. The zero-order valence-electron chi connectivity index (χ0n) is 21.8. The molecule has 218 valence electrons. The number of alkyl halides is 3. The summed E-state index contributed by atoms with van der Waals surface area (Å²) >= 11 is 5.82. The van der Waals surface area contributed by atoms with Gasteiger partial charge in [0.2, 0.25) is 5.91 Å². The fourth-order valence-corrected chi connectivity index (χ4v) is 4.51. The van der Waals surface area contributed by atoms with Crippen LogP contribution in [-0.4, -0.2) is 35.8 Å². The third kappa shape index (κ3) is 9.21. The van der Waals surface area contributed by atoms with E-state index in [2.05, 4.69) is 15.4 Å². The fourth-order valence-electron chi connectivity index (χ4n) is 4.35. The van der Waals surface area contributed by atoms with Crippen molar-refractivity contribution in [2.45, 2.75) is 44.4 Å². The molecular weight excluding hydrogens is 568 g/mol. The molecule has 0 spiro atoms. The van der Waals surface area contributed by atoms with Crippen LogP contribution in [0.3, 0.4) is 0 Å². The second-order valence-corrected chi connectivity index (χ2v) is 9.56. The Labute approximate surface area is 238 Å². The minimum Gasteiger partial charge on any atom is -0.481 e. The maximum Gasteiger partial charge on any atom is 0.573 e. The number of halogens is 5. The summed E-state index contributed by atoms with van der Waals surface area (Å²) in [5.74, 6) is -4.85. The van der Waals surface area contributed by atoms with E-state index in [0.29, 0.717) is 24.0 Å². The number of carbonyl (C=O) groups excluding carboxylic acids is 2. The highest BCUT2D eigenvalue weighted by atomic mass is 35.5. The predicted molar refractivity (Wildman–Crippen MR) is 145 cm³/mol. The van der Waals surface area contributed by atoms with Crippen LogP contribution in [0.5, 0.6) is 5.75 Å². The molecule has 3 N–H and O–H groups in total. The Bertz CT molecular complexity index is 1370. The van der Waals surface area contributed by atoms with Crippen molar-refractivity contribution in [1.82, 2.24) is 5.32 Å². The first-order valence-corrected chi connectivity index (χ1v) is 13.0. The van der Waals surface area contributed by atoms with Gasteiger partial charge in [-0.25, -0.2) is 4.39 Å². The summed E-state index contributed by atoms with van der Waals surface area (Å²) in [6.45, 7) is 1.84. The molecule has 0 aromatic heterocycles. The van der Waals surface area contributed by atoms with Gasteiger partial charge in [0.15, 0.2) is 0 Å². The summed E-state index contributed by atoms with van der Waals surface area (Å²) < 4.78 is 56.6. The second kappa shape index (κ2) is 14.0. The van der Waals surface area contributed by atoms with Crippen LogP contribution in [0.2, 0.25) is 5.02 Å². The molecule has 3 aromatic rings. The molecule has 0 bridgehead atoms. The van der Waals surface area contributed by atoms with E-state index in [1.165, 1.54) is 36.4 Å². The van der Waals surface area contributed by atoms with Crippen molar-refractivity contribution in [3.05, 3.63) is 94.3 Å². The van der Waals surface area contributed by atoms with Gasteiger partial charge < -0.3 is 20.5 Å². The van der Waals surface area contributed by atoms with Crippen molar-refractivity contribution >= 4 is 35.1 Å². The zero-order valence-corrected chi connectivity index (χ0v) is 22.6. The number of benzene rings is 3. The van der Waals surface area contributed by atoms with E-state index < -0.39 is 47.5 Å². The molecule has 7 nitrogen and oxygen atoms in total. The van der Waals surface area contributed by atoms with Gasteiger partial charge in [-0.3, -0.25) is 14.4 Å². The SMILES string of the molecule is CCC[C@@H](c1ccc(C(=O)NCCC(=O)O)cc1)[C@H](C(=O)Nc1ccc(Cl)cc1F)c1ccc(OC(F)(F)F)cc1. The van der Waals surface area contributed by atoms with E-state index in [9.17, 15) is 31.9 Å². The van der Waals surface area contributed by atoms with Gasteiger partial charge in [-0.2, -0.15) is 0 Å². The van der Waals surface area contributed by atoms with Crippen molar-refractivity contribution in [2.24, 2.45) is 0 Å². The minimum absolute atomic E-state index is 0.0497. The first-order valence-electron chi connectivity index (χ1n) is 12.6. The van der Waals surface area contributed by atoms with Crippen LogP contribution in [-0.2, 0) is 9.59 Å². The van der Waals surface area contributed by atoms with Crippen molar-refractivity contribution in [3.8, 4) is 5.75 Å². The van der Waals surface area contributed by atoms with Crippen molar-refractivity contribution in [3.63, 3.8) is 0 Å². The molecule has 2 atom stereocenters. The van der Waals surface area contributed by atoms with Crippen LogP contribution < -0.4 is 15.4 Å². The summed E-state index contributed by atoms with van der Waals surface area (Å²) in [5.41, 5.74) is 1.17. The lowest BCUT2D eigenvalue weighted by Crippen LogP contribution is -2.28. The summed E-state index contributed by atoms with van der Waals surface area (Å²) in [5, 5.41) is 14.0. The Balaban J connectivity index is 1.96. The van der Waals surface area contributed by atoms with E-state index >= 15 is 0 Å². The standard InChI is InChI=1S/C29H27ClF4N2O5/c1-2-3-22(17-4-6-19(7-5-17)27(39)35-15-14-25(37)38)26(18-8-11-21(12-9-18)41-29(32,33)34)28(40)36-24-13-10-20(30)16-23(24)31/h4-13,16,22,26H,2-3,14-15H2,1H3,(H,35,39)(H,36,40)(H,37,38)/t22-,26+/m0/s1. The van der Waals surface area contributed by atoms with Crippen LogP contribution in [0.25, 0.3) is 0 Å². The molecule has 0 aliphatic heterocycles. The largest absolute Gasteiger partial charge is 0.573 e. The van der Waals surface area contributed by atoms with Crippen molar-refractivity contribution in [1.29, 1.82) is 0 Å². The summed E-state index contributed by atoms with van der Waals surface area (Å²) in [6, 6.07) is 15.0. The Kier molecular flexibility index (Phi) is 10.7. The highest BCUT2D eigenvalue weighted by Crippen LogP contribution is 2.39. The summed E-state index contributed by atoms with van der Waals surface area (Å²) in [4.78, 5) is 36.7. The highest BCUT2D eigenvalue weighted by molar-refractivity contribution is 6.30.